The van der Waals surface area contributed by atoms with Gasteiger partial charge in [-0.1, -0.05) is 32.1 Å². The lowest BCUT2D eigenvalue weighted by Crippen LogP contribution is -1.84. The monoisotopic (exact) mass is 192 g/mol. The molecule has 0 aromatic carbocycles. The summed E-state index contributed by atoms with van der Waals surface area (Å²) < 4.78 is 0. The zero-order chi connectivity index (χ0) is 9.52. The molecule has 0 amide bonds. The molecule has 1 aromatic heterocycles. The molecule has 1 rings (SSSR count). The highest BCUT2D eigenvalue weighted by atomic mass is 32.1. The molecule has 70 valence electrons. The van der Waals surface area contributed by atoms with E-state index < -0.39 is 0 Å². The van der Waals surface area contributed by atoms with E-state index in [2.05, 4.69) is 18.2 Å². The van der Waals surface area contributed by atoms with E-state index in [1.807, 2.05) is 6.07 Å². The SMILES string of the molecule is C#Cc1ccsc1CCCCCC. The molecule has 0 spiro atoms. The van der Waals surface area contributed by atoms with Crippen LogP contribution in [0.1, 0.15) is 43.0 Å². The van der Waals surface area contributed by atoms with Gasteiger partial charge in [-0.25, -0.2) is 0 Å². The standard InChI is InChI=1S/C12H16S/c1-3-5-6-7-8-12-11(4-2)9-10-13-12/h2,9-10H,3,5-8H2,1H3. The maximum atomic E-state index is 5.38. The molecule has 0 fully saturated rings. The van der Waals surface area contributed by atoms with Gasteiger partial charge in [0.05, 0.1) is 0 Å². The molecular formula is C12H16S. The minimum atomic E-state index is 1.10. The Morgan fingerprint density at radius 1 is 1.38 bits per heavy atom. The number of terminal acetylenes is 1. The van der Waals surface area contributed by atoms with Crippen molar-refractivity contribution in [1.29, 1.82) is 0 Å². The summed E-state index contributed by atoms with van der Waals surface area (Å²) in [5.74, 6) is 2.73. The van der Waals surface area contributed by atoms with Crippen molar-refractivity contribution in [3.63, 3.8) is 0 Å². The molecule has 0 nitrogen and oxygen atoms in total. The van der Waals surface area contributed by atoms with Crippen LogP contribution in [0.5, 0.6) is 0 Å². The predicted octanol–water partition coefficient (Wildman–Crippen LogP) is 3.85. The summed E-state index contributed by atoms with van der Waals surface area (Å²) in [6.07, 6.45) is 11.8. The Balaban J connectivity index is 2.33. The Morgan fingerprint density at radius 3 is 2.92 bits per heavy atom. The van der Waals surface area contributed by atoms with E-state index >= 15 is 0 Å². The average molecular weight is 192 g/mol. The molecule has 13 heavy (non-hydrogen) atoms. The van der Waals surface area contributed by atoms with Crippen molar-refractivity contribution in [3.05, 3.63) is 21.9 Å². The molecule has 0 aliphatic rings. The first-order valence-corrected chi connectivity index (χ1v) is 5.79. The van der Waals surface area contributed by atoms with Crippen LogP contribution in [0.25, 0.3) is 0 Å². The Hall–Kier alpha value is -0.740. The summed E-state index contributed by atoms with van der Waals surface area (Å²) in [5, 5.41) is 2.09. The third-order valence-electron chi connectivity index (χ3n) is 2.16. The molecule has 0 saturated heterocycles. The second kappa shape index (κ2) is 5.83. The quantitative estimate of drug-likeness (QED) is 0.491. The highest BCUT2D eigenvalue weighted by molar-refractivity contribution is 7.10. The summed E-state index contributed by atoms with van der Waals surface area (Å²) in [5.41, 5.74) is 1.10. The average Bonchev–Trinajstić information content (AvgIpc) is 2.60. The molecule has 0 bridgehead atoms. The van der Waals surface area contributed by atoms with Crippen molar-refractivity contribution >= 4 is 11.3 Å². The van der Waals surface area contributed by atoms with Gasteiger partial charge in [0, 0.05) is 10.4 Å². The van der Waals surface area contributed by atoms with Crippen molar-refractivity contribution in [2.24, 2.45) is 0 Å². The zero-order valence-electron chi connectivity index (χ0n) is 8.18. The minimum Gasteiger partial charge on any atom is -0.148 e. The van der Waals surface area contributed by atoms with E-state index in [1.54, 1.807) is 11.3 Å². The Bertz CT molecular complexity index is 278. The Kier molecular flexibility index (Phi) is 4.64. The van der Waals surface area contributed by atoms with Crippen molar-refractivity contribution in [2.75, 3.05) is 0 Å². The Morgan fingerprint density at radius 2 is 2.23 bits per heavy atom. The van der Waals surface area contributed by atoms with Crippen LogP contribution in [0.15, 0.2) is 11.4 Å². The van der Waals surface area contributed by atoms with Crippen LogP contribution in [0.2, 0.25) is 0 Å². The summed E-state index contributed by atoms with van der Waals surface area (Å²) in [6.45, 7) is 2.23. The lowest BCUT2D eigenvalue weighted by Gasteiger charge is -1.98. The summed E-state index contributed by atoms with van der Waals surface area (Å²) in [7, 11) is 0. The van der Waals surface area contributed by atoms with Crippen molar-refractivity contribution in [2.45, 2.75) is 39.0 Å². The van der Waals surface area contributed by atoms with Gasteiger partial charge >= 0.3 is 0 Å². The summed E-state index contributed by atoms with van der Waals surface area (Å²) in [6, 6.07) is 2.04. The maximum absolute atomic E-state index is 5.38. The van der Waals surface area contributed by atoms with Gasteiger partial charge < -0.3 is 0 Å². The third-order valence-corrected chi connectivity index (χ3v) is 3.14. The predicted molar refractivity (Wildman–Crippen MR) is 60.1 cm³/mol. The normalized spacial score (nSPS) is 9.85. The van der Waals surface area contributed by atoms with Crippen LogP contribution in [0.4, 0.5) is 0 Å². The van der Waals surface area contributed by atoms with E-state index in [0.717, 1.165) is 12.0 Å². The molecule has 0 radical (unpaired) electrons. The van der Waals surface area contributed by atoms with Crippen LogP contribution >= 0.6 is 11.3 Å². The van der Waals surface area contributed by atoms with Gasteiger partial charge in [0.25, 0.3) is 0 Å². The molecule has 0 N–H and O–H groups in total. The summed E-state index contributed by atoms with van der Waals surface area (Å²) >= 11 is 1.79. The number of aryl methyl sites for hydroxylation is 1. The highest BCUT2D eigenvalue weighted by Crippen LogP contribution is 2.18. The molecule has 0 aliphatic carbocycles. The molecule has 0 unspecified atom stereocenters. The highest BCUT2D eigenvalue weighted by Gasteiger charge is 2.00. The van der Waals surface area contributed by atoms with Crippen molar-refractivity contribution in [1.82, 2.24) is 0 Å². The number of rotatable bonds is 5. The minimum absolute atomic E-state index is 1.10. The molecule has 0 saturated carbocycles. The molecule has 1 heteroatoms. The van der Waals surface area contributed by atoms with E-state index in [4.69, 9.17) is 6.42 Å². The third kappa shape index (κ3) is 3.24. The first-order valence-electron chi connectivity index (χ1n) is 4.91. The Labute approximate surface area is 85.0 Å². The van der Waals surface area contributed by atoms with Crippen molar-refractivity contribution < 1.29 is 0 Å². The first kappa shape index (κ1) is 10.3. The van der Waals surface area contributed by atoms with Gasteiger partial charge in [-0.15, -0.1) is 17.8 Å². The lowest BCUT2D eigenvalue weighted by molar-refractivity contribution is 0.670. The fraction of sp³-hybridized carbons (Fsp3) is 0.500. The van der Waals surface area contributed by atoms with Gasteiger partial charge in [0.2, 0.25) is 0 Å². The lowest BCUT2D eigenvalue weighted by atomic mass is 10.1. The van der Waals surface area contributed by atoms with Crippen LogP contribution in [0, 0.1) is 12.3 Å². The first-order chi connectivity index (χ1) is 6.38. The molecular weight excluding hydrogens is 176 g/mol. The van der Waals surface area contributed by atoms with E-state index in [-0.39, 0.29) is 0 Å². The summed E-state index contributed by atoms with van der Waals surface area (Å²) in [4.78, 5) is 1.39. The van der Waals surface area contributed by atoms with E-state index in [0.29, 0.717) is 0 Å². The number of hydrogen-bond donors (Lipinski definition) is 0. The second-order valence-electron chi connectivity index (χ2n) is 3.21. The van der Waals surface area contributed by atoms with E-state index in [9.17, 15) is 0 Å². The van der Waals surface area contributed by atoms with Gasteiger partial charge in [-0.2, -0.15) is 0 Å². The van der Waals surface area contributed by atoms with Gasteiger partial charge in [0.1, 0.15) is 0 Å². The van der Waals surface area contributed by atoms with Gasteiger partial charge in [-0.05, 0) is 24.3 Å². The number of hydrogen-bond acceptors (Lipinski definition) is 1. The fourth-order valence-electron chi connectivity index (χ4n) is 1.38. The topological polar surface area (TPSA) is 0 Å². The molecule has 1 aromatic rings. The second-order valence-corrected chi connectivity index (χ2v) is 4.21. The molecule has 0 aliphatic heterocycles. The van der Waals surface area contributed by atoms with E-state index in [1.165, 1.54) is 30.6 Å². The van der Waals surface area contributed by atoms with Crippen LogP contribution in [-0.4, -0.2) is 0 Å². The smallest absolute Gasteiger partial charge is 0.0381 e. The number of unbranched alkanes of at least 4 members (excludes halogenated alkanes) is 3. The van der Waals surface area contributed by atoms with Crippen LogP contribution in [-0.2, 0) is 6.42 Å². The fourth-order valence-corrected chi connectivity index (χ4v) is 2.26. The molecule has 1 heterocycles. The largest absolute Gasteiger partial charge is 0.148 e. The number of thiophene rings is 1. The maximum Gasteiger partial charge on any atom is 0.0381 e. The van der Waals surface area contributed by atoms with Gasteiger partial charge in [-0.3, -0.25) is 0 Å². The van der Waals surface area contributed by atoms with Crippen molar-refractivity contribution in [3.8, 4) is 12.3 Å². The van der Waals surface area contributed by atoms with Gasteiger partial charge in [0.15, 0.2) is 0 Å². The van der Waals surface area contributed by atoms with Crippen LogP contribution in [0.3, 0.4) is 0 Å². The zero-order valence-corrected chi connectivity index (χ0v) is 8.99. The molecule has 0 atom stereocenters. The van der Waals surface area contributed by atoms with Crippen LogP contribution < -0.4 is 0 Å².